The van der Waals surface area contributed by atoms with Gasteiger partial charge in [0.15, 0.2) is 8.32 Å². The van der Waals surface area contributed by atoms with Crippen molar-refractivity contribution >= 4 is 8.32 Å². The molecule has 154 valence electrons. The van der Waals surface area contributed by atoms with Gasteiger partial charge < -0.3 is 14.9 Å². The van der Waals surface area contributed by atoms with E-state index in [9.17, 15) is 0 Å². The molecule has 2 aromatic carbocycles. The van der Waals surface area contributed by atoms with Gasteiger partial charge in [0.25, 0.3) is 0 Å². The van der Waals surface area contributed by atoms with Crippen molar-refractivity contribution in [1.29, 1.82) is 0 Å². The monoisotopic (exact) mass is 399 g/mol. The van der Waals surface area contributed by atoms with Gasteiger partial charge in [0.1, 0.15) is 5.75 Å². The lowest BCUT2D eigenvalue weighted by Gasteiger charge is -2.36. The van der Waals surface area contributed by atoms with Crippen LogP contribution in [0.5, 0.6) is 5.75 Å². The average Bonchev–Trinajstić information content (AvgIpc) is 2.64. The minimum atomic E-state index is -1.81. The highest BCUT2D eigenvalue weighted by molar-refractivity contribution is 6.74. The molecule has 0 aliphatic heterocycles. The third-order valence-corrected chi connectivity index (χ3v) is 10.1. The maximum Gasteiger partial charge on any atom is 0.192 e. The predicted octanol–water partition coefficient (Wildman–Crippen LogP) is 6.29. The van der Waals surface area contributed by atoms with Gasteiger partial charge in [0.05, 0.1) is 19.3 Å². The first-order chi connectivity index (χ1) is 13.0. The van der Waals surface area contributed by atoms with E-state index in [1.165, 1.54) is 5.56 Å². The molecule has 0 spiro atoms. The van der Waals surface area contributed by atoms with E-state index in [1.807, 2.05) is 18.2 Å². The topological polar surface area (TPSA) is 44.5 Å². The molecule has 0 aliphatic rings. The van der Waals surface area contributed by atoms with Gasteiger partial charge in [-0.05, 0) is 52.9 Å². The zero-order valence-electron chi connectivity index (χ0n) is 18.6. The first-order valence-electron chi connectivity index (χ1n) is 10.2. The fraction of sp³-hybridized carbons (Fsp3) is 0.500. The molecular formula is C24H37NO2Si. The largest absolute Gasteiger partial charge is 0.493 e. The number of rotatable bonds is 8. The van der Waals surface area contributed by atoms with E-state index in [-0.39, 0.29) is 11.1 Å². The minimum Gasteiger partial charge on any atom is -0.493 e. The molecule has 2 rings (SSSR count). The van der Waals surface area contributed by atoms with Gasteiger partial charge in [-0.15, -0.1) is 0 Å². The molecule has 4 heteroatoms. The molecule has 0 amide bonds. The Morgan fingerprint density at radius 3 is 2.14 bits per heavy atom. The van der Waals surface area contributed by atoms with Crippen molar-refractivity contribution in [2.24, 2.45) is 11.7 Å². The molecule has 0 saturated heterocycles. The lowest BCUT2D eigenvalue weighted by atomic mass is 9.95. The van der Waals surface area contributed by atoms with E-state index in [4.69, 9.17) is 14.9 Å². The van der Waals surface area contributed by atoms with Crippen LogP contribution in [0.25, 0.3) is 0 Å². The van der Waals surface area contributed by atoms with Crippen LogP contribution in [0.3, 0.4) is 0 Å². The molecule has 0 fully saturated rings. The summed E-state index contributed by atoms with van der Waals surface area (Å²) in [5.41, 5.74) is 10.00. The smallest absolute Gasteiger partial charge is 0.192 e. The summed E-state index contributed by atoms with van der Waals surface area (Å²) >= 11 is 0. The lowest BCUT2D eigenvalue weighted by Crippen LogP contribution is -2.40. The van der Waals surface area contributed by atoms with Gasteiger partial charge in [-0.2, -0.15) is 0 Å². The number of nitrogens with two attached hydrogens (primary N) is 1. The van der Waals surface area contributed by atoms with E-state index in [2.05, 4.69) is 78.0 Å². The third kappa shape index (κ3) is 5.93. The highest BCUT2D eigenvalue weighted by Crippen LogP contribution is 2.37. The average molecular weight is 400 g/mol. The second-order valence-corrected chi connectivity index (χ2v) is 14.3. The van der Waals surface area contributed by atoms with Crippen molar-refractivity contribution in [3.63, 3.8) is 0 Å². The van der Waals surface area contributed by atoms with Crippen LogP contribution in [0.2, 0.25) is 18.1 Å². The standard InChI is InChI=1S/C24H37NO2Si/c1-18(2)16-26-21-14-12-19(13-15-21)23(25)22-11-9-8-10-20(22)17-27-28(6,7)24(3,4)5/h8-15,18,23H,16-17,25H2,1-7H3. The summed E-state index contributed by atoms with van der Waals surface area (Å²) in [6, 6.07) is 16.3. The van der Waals surface area contributed by atoms with Gasteiger partial charge in [-0.1, -0.05) is 71.0 Å². The summed E-state index contributed by atoms with van der Waals surface area (Å²) in [4.78, 5) is 0. The molecule has 2 aromatic rings. The van der Waals surface area contributed by atoms with E-state index < -0.39 is 8.32 Å². The number of hydrogen-bond acceptors (Lipinski definition) is 3. The molecule has 0 saturated carbocycles. The SMILES string of the molecule is CC(C)COc1ccc(C(N)c2ccccc2CO[Si](C)(C)C(C)(C)C)cc1. The molecule has 0 heterocycles. The Bertz CT molecular complexity index is 748. The summed E-state index contributed by atoms with van der Waals surface area (Å²) in [5.74, 6) is 1.40. The van der Waals surface area contributed by atoms with Crippen molar-refractivity contribution in [1.82, 2.24) is 0 Å². The van der Waals surface area contributed by atoms with E-state index in [0.29, 0.717) is 12.5 Å². The van der Waals surface area contributed by atoms with Crippen molar-refractivity contribution < 1.29 is 9.16 Å². The van der Waals surface area contributed by atoms with Crippen molar-refractivity contribution in [3.8, 4) is 5.75 Å². The first-order valence-corrected chi connectivity index (χ1v) is 13.1. The fourth-order valence-electron chi connectivity index (χ4n) is 2.66. The van der Waals surface area contributed by atoms with E-state index in [1.54, 1.807) is 0 Å². The minimum absolute atomic E-state index is 0.182. The Labute approximate surface area is 172 Å². The van der Waals surface area contributed by atoms with Crippen molar-refractivity contribution in [2.75, 3.05) is 6.61 Å². The van der Waals surface area contributed by atoms with Gasteiger partial charge in [-0.25, -0.2) is 0 Å². The van der Waals surface area contributed by atoms with Gasteiger partial charge in [0.2, 0.25) is 0 Å². The zero-order valence-corrected chi connectivity index (χ0v) is 19.6. The summed E-state index contributed by atoms with van der Waals surface area (Å²) in [6.07, 6.45) is 0. The Kier molecular flexibility index (Phi) is 7.49. The zero-order chi connectivity index (χ0) is 20.9. The van der Waals surface area contributed by atoms with E-state index in [0.717, 1.165) is 23.5 Å². The highest BCUT2D eigenvalue weighted by Gasteiger charge is 2.37. The Morgan fingerprint density at radius 2 is 1.57 bits per heavy atom. The molecule has 1 unspecified atom stereocenters. The van der Waals surface area contributed by atoms with Crippen LogP contribution < -0.4 is 10.5 Å². The maximum atomic E-state index is 6.63. The van der Waals surface area contributed by atoms with Crippen molar-refractivity contribution in [2.45, 2.75) is 65.4 Å². The van der Waals surface area contributed by atoms with Crippen LogP contribution in [0, 0.1) is 5.92 Å². The summed E-state index contributed by atoms with van der Waals surface area (Å²) < 4.78 is 12.2. The van der Waals surface area contributed by atoms with Gasteiger partial charge in [-0.3, -0.25) is 0 Å². The highest BCUT2D eigenvalue weighted by atomic mass is 28.4. The third-order valence-electron chi connectivity index (χ3n) is 5.61. The molecule has 0 radical (unpaired) electrons. The second-order valence-electron chi connectivity index (χ2n) is 9.50. The quantitative estimate of drug-likeness (QED) is 0.530. The Morgan fingerprint density at radius 1 is 0.964 bits per heavy atom. The van der Waals surface area contributed by atoms with Crippen LogP contribution in [0.1, 0.15) is 57.4 Å². The van der Waals surface area contributed by atoms with Gasteiger partial charge in [0, 0.05) is 0 Å². The second kappa shape index (κ2) is 9.25. The van der Waals surface area contributed by atoms with E-state index >= 15 is 0 Å². The number of benzene rings is 2. The summed E-state index contributed by atoms with van der Waals surface area (Å²) in [6.45, 7) is 17.0. The molecule has 0 bridgehead atoms. The van der Waals surface area contributed by atoms with Crippen LogP contribution in [-0.2, 0) is 11.0 Å². The predicted molar refractivity (Wildman–Crippen MR) is 121 cm³/mol. The summed E-state index contributed by atoms with van der Waals surface area (Å²) in [7, 11) is -1.81. The summed E-state index contributed by atoms with van der Waals surface area (Å²) in [5, 5.41) is 0.190. The fourth-order valence-corrected chi connectivity index (χ4v) is 3.61. The van der Waals surface area contributed by atoms with Gasteiger partial charge >= 0.3 is 0 Å². The molecular weight excluding hydrogens is 362 g/mol. The molecule has 0 aliphatic carbocycles. The maximum absolute atomic E-state index is 6.63. The molecule has 2 N–H and O–H groups in total. The Balaban J connectivity index is 2.15. The van der Waals surface area contributed by atoms with Crippen LogP contribution in [0.4, 0.5) is 0 Å². The molecule has 28 heavy (non-hydrogen) atoms. The van der Waals surface area contributed by atoms with Crippen LogP contribution in [0.15, 0.2) is 48.5 Å². The normalized spacial score (nSPS) is 13.6. The molecule has 3 nitrogen and oxygen atoms in total. The molecule has 1 atom stereocenters. The van der Waals surface area contributed by atoms with Crippen LogP contribution >= 0.6 is 0 Å². The number of ether oxygens (including phenoxy) is 1. The van der Waals surface area contributed by atoms with Crippen molar-refractivity contribution in [3.05, 3.63) is 65.2 Å². The number of hydrogen-bond donors (Lipinski definition) is 1. The molecule has 0 aromatic heterocycles. The first kappa shape index (κ1) is 22.7. The van der Waals surface area contributed by atoms with Crippen LogP contribution in [-0.4, -0.2) is 14.9 Å². The Hall–Kier alpha value is -1.62. The lowest BCUT2D eigenvalue weighted by molar-refractivity contribution is 0.271.